The van der Waals surface area contributed by atoms with Crippen LogP contribution in [-0.4, -0.2) is 9.97 Å². The van der Waals surface area contributed by atoms with E-state index in [1.165, 1.54) is 48.6 Å². The molecule has 4 fully saturated rings. The van der Waals surface area contributed by atoms with Crippen LogP contribution in [0.5, 0.6) is 0 Å². The van der Waals surface area contributed by atoms with Crippen LogP contribution < -0.4 is 0 Å². The van der Waals surface area contributed by atoms with E-state index in [2.05, 4.69) is 42.6 Å². The van der Waals surface area contributed by atoms with Gasteiger partial charge in [0.1, 0.15) is 0 Å². The first kappa shape index (κ1) is 13.3. The Morgan fingerprint density at radius 1 is 0.750 bits per heavy atom. The van der Waals surface area contributed by atoms with Gasteiger partial charge in [-0.05, 0) is 78.7 Å². The molecule has 0 radical (unpaired) electrons. The third-order valence-corrected chi connectivity index (χ3v) is 7.00. The molecule has 1 heterocycles. The molecule has 7 rings (SSSR count). The molecular weight excluding hydrogens is 292 g/mol. The summed E-state index contributed by atoms with van der Waals surface area (Å²) in [5.74, 6) is 4.44. The third-order valence-electron chi connectivity index (χ3n) is 7.00. The van der Waals surface area contributed by atoms with Gasteiger partial charge in [0, 0.05) is 12.1 Å². The molecule has 0 saturated heterocycles. The van der Waals surface area contributed by atoms with Crippen LogP contribution in [0.25, 0.3) is 21.8 Å². The summed E-state index contributed by atoms with van der Waals surface area (Å²) < 4.78 is 0. The first-order chi connectivity index (χ1) is 11.8. The summed E-state index contributed by atoms with van der Waals surface area (Å²) in [7, 11) is 0. The lowest BCUT2D eigenvalue weighted by atomic mass is 9.51. The van der Waals surface area contributed by atoms with E-state index in [1.54, 1.807) is 0 Å². The number of rotatable bonds is 1. The van der Waals surface area contributed by atoms with Crippen molar-refractivity contribution in [2.75, 3.05) is 0 Å². The van der Waals surface area contributed by atoms with Crippen LogP contribution in [0.15, 0.2) is 42.6 Å². The second-order valence-corrected chi connectivity index (χ2v) is 8.44. The van der Waals surface area contributed by atoms with E-state index in [0.29, 0.717) is 5.92 Å². The van der Waals surface area contributed by atoms with E-state index in [4.69, 9.17) is 9.97 Å². The minimum atomic E-state index is 0.668. The van der Waals surface area contributed by atoms with Crippen molar-refractivity contribution in [1.29, 1.82) is 0 Å². The van der Waals surface area contributed by atoms with Gasteiger partial charge in [0.05, 0.1) is 16.7 Å². The standard InChI is InChI=1S/C22H22N2/c1-2-4-16-11-20-19(10-15(16)3-1)23-12-21(24-20)22-17-6-13-5-14(8-17)9-18(22)7-13/h1-4,10-14,17-18,22H,5-9H2. The van der Waals surface area contributed by atoms with E-state index < -0.39 is 0 Å². The Morgan fingerprint density at radius 2 is 1.38 bits per heavy atom. The number of hydrogen-bond acceptors (Lipinski definition) is 2. The van der Waals surface area contributed by atoms with Crippen LogP contribution in [-0.2, 0) is 0 Å². The highest BCUT2D eigenvalue weighted by molar-refractivity contribution is 5.94. The van der Waals surface area contributed by atoms with Gasteiger partial charge >= 0.3 is 0 Å². The average molecular weight is 314 g/mol. The first-order valence-corrected chi connectivity index (χ1v) is 9.49. The molecule has 0 spiro atoms. The first-order valence-electron chi connectivity index (χ1n) is 9.49. The summed E-state index contributed by atoms with van der Waals surface area (Å²) in [5.41, 5.74) is 3.37. The molecule has 3 aromatic rings. The molecule has 24 heavy (non-hydrogen) atoms. The summed E-state index contributed by atoms with van der Waals surface area (Å²) in [4.78, 5) is 9.91. The van der Waals surface area contributed by atoms with E-state index >= 15 is 0 Å². The lowest BCUT2D eigenvalue weighted by Gasteiger charge is -2.54. The monoisotopic (exact) mass is 314 g/mol. The molecule has 1 aromatic heterocycles. The minimum absolute atomic E-state index is 0.668. The van der Waals surface area contributed by atoms with Crippen LogP contribution in [0.2, 0.25) is 0 Å². The van der Waals surface area contributed by atoms with Crippen molar-refractivity contribution >= 4 is 21.8 Å². The van der Waals surface area contributed by atoms with Crippen molar-refractivity contribution in [2.24, 2.45) is 23.7 Å². The fourth-order valence-electron chi connectivity index (χ4n) is 6.28. The van der Waals surface area contributed by atoms with Crippen LogP contribution in [0, 0.1) is 23.7 Å². The summed E-state index contributed by atoms with van der Waals surface area (Å²) >= 11 is 0. The topological polar surface area (TPSA) is 25.8 Å². The minimum Gasteiger partial charge on any atom is -0.253 e. The Morgan fingerprint density at radius 3 is 2.04 bits per heavy atom. The summed E-state index contributed by atoms with van der Waals surface area (Å²) in [6.07, 6.45) is 9.35. The van der Waals surface area contributed by atoms with Gasteiger partial charge in [-0.25, -0.2) is 4.98 Å². The normalized spacial score (nSPS) is 34.2. The average Bonchev–Trinajstić information content (AvgIpc) is 2.59. The van der Waals surface area contributed by atoms with Gasteiger partial charge in [-0.2, -0.15) is 0 Å². The smallest absolute Gasteiger partial charge is 0.0896 e. The van der Waals surface area contributed by atoms with Crippen LogP contribution in [0.3, 0.4) is 0 Å². The summed E-state index contributed by atoms with van der Waals surface area (Å²) in [5, 5.41) is 2.52. The number of hydrogen-bond donors (Lipinski definition) is 0. The Hall–Kier alpha value is -1.96. The lowest BCUT2D eigenvalue weighted by Crippen LogP contribution is -2.44. The van der Waals surface area contributed by atoms with Gasteiger partial charge in [-0.15, -0.1) is 0 Å². The predicted octanol–water partition coefficient (Wildman–Crippen LogP) is 5.32. The molecule has 4 saturated carbocycles. The second kappa shape index (κ2) is 4.78. The van der Waals surface area contributed by atoms with E-state index in [9.17, 15) is 0 Å². The van der Waals surface area contributed by atoms with Crippen molar-refractivity contribution in [3.8, 4) is 0 Å². The molecule has 0 N–H and O–H groups in total. The molecule has 0 unspecified atom stereocenters. The maximum atomic E-state index is 5.11. The second-order valence-electron chi connectivity index (χ2n) is 8.44. The Labute approximate surface area is 142 Å². The SMILES string of the molecule is c1ccc2cc3nc(C4C5CC6CC(C5)CC4C6)cnc3cc2c1. The van der Waals surface area contributed by atoms with Crippen molar-refractivity contribution in [1.82, 2.24) is 9.97 Å². The quantitative estimate of drug-likeness (QED) is 0.568. The number of fused-ring (bicyclic) bond motifs is 2. The zero-order valence-corrected chi connectivity index (χ0v) is 13.9. The highest BCUT2D eigenvalue weighted by atomic mass is 14.8. The molecule has 0 aliphatic heterocycles. The fourth-order valence-corrected chi connectivity index (χ4v) is 6.28. The molecule has 2 heteroatoms. The maximum absolute atomic E-state index is 5.11. The molecular formula is C22H22N2. The molecule has 0 amide bonds. The summed E-state index contributed by atoms with van der Waals surface area (Å²) in [6.45, 7) is 0. The van der Waals surface area contributed by atoms with Crippen molar-refractivity contribution in [2.45, 2.75) is 38.0 Å². The zero-order valence-electron chi connectivity index (χ0n) is 13.9. The van der Waals surface area contributed by atoms with Gasteiger partial charge in [-0.3, -0.25) is 4.98 Å². The predicted molar refractivity (Wildman–Crippen MR) is 96.8 cm³/mol. The fraction of sp³-hybridized carbons (Fsp3) is 0.455. The Bertz CT molecular complexity index is 917. The Kier molecular flexibility index (Phi) is 2.66. The lowest BCUT2D eigenvalue weighted by molar-refractivity contribution is -0.00416. The summed E-state index contributed by atoms with van der Waals surface area (Å²) in [6, 6.07) is 12.9. The molecule has 2 nitrogen and oxygen atoms in total. The van der Waals surface area contributed by atoms with Gasteiger partial charge in [0.2, 0.25) is 0 Å². The molecule has 2 aromatic carbocycles. The van der Waals surface area contributed by atoms with Crippen LogP contribution in [0.4, 0.5) is 0 Å². The van der Waals surface area contributed by atoms with Crippen LogP contribution >= 0.6 is 0 Å². The number of benzene rings is 2. The number of aromatic nitrogens is 2. The molecule has 4 aliphatic carbocycles. The molecule has 120 valence electrons. The van der Waals surface area contributed by atoms with E-state index in [0.717, 1.165) is 34.7 Å². The molecule has 0 atom stereocenters. The van der Waals surface area contributed by atoms with Gasteiger partial charge in [-0.1, -0.05) is 24.3 Å². The third kappa shape index (κ3) is 1.89. The zero-order chi connectivity index (χ0) is 15.7. The van der Waals surface area contributed by atoms with Gasteiger partial charge in [0.15, 0.2) is 0 Å². The Balaban J connectivity index is 1.47. The molecule has 4 bridgehead atoms. The van der Waals surface area contributed by atoms with Crippen molar-refractivity contribution in [3.05, 3.63) is 48.3 Å². The van der Waals surface area contributed by atoms with E-state index in [1.807, 2.05) is 0 Å². The highest BCUT2D eigenvalue weighted by Crippen LogP contribution is 2.59. The highest BCUT2D eigenvalue weighted by Gasteiger charge is 2.49. The molecule has 4 aliphatic rings. The van der Waals surface area contributed by atoms with Gasteiger partial charge < -0.3 is 0 Å². The van der Waals surface area contributed by atoms with Crippen LogP contribution in [0.1, 0.15) is 43.7 Å². The van der Waals surface area contributed by atoms with Crippen molar-refractivity contribution in [3.63, 3.8) is 0 Å². The van der Waals surface area contributed by atoms with E-state index in [-0.39, 0.29) is 0 Å². The maximum Gasteiger partial charge on any atom is 0.0896 e. The van der Waals surface area contributed by atoms with Gasteiger partial charge in [0.25, 0.3) is 0 Å². The largest absolute Gasteiger partial charge is 0.253 e. The number of nitrogens with zero attached hydrogens (tertiary/aromatic N) is 2. The van der Waals surface area contributed by atoms with Crippen molar-refractivity contribution < 1.29 is 0 Å².